The summed E-state index contributed by atoms with van der Waals surface area (Å²) in [6.45, 7) is 8.54. The fourth-order valence-electron chi connectivity index (χ4n) is 9.47. The number of ether oxygens (including phenoxy) is 2. The van der Waals surface area contributed by atoms with Crippen LogP contribution in [0.4, 0.5) is 0 Å². The summed E-state index contributed by atoms with van der Waals surface area (Å²) in [5.41, 5.74) is 0.778. The SMILES string of the molecule is CC(C)OC(=O)[C@@H]1CC2=CC(=O)CCC2(C)C2CCC3(C)C(C21)[C@@H]1C[C@@H]1C31CCC(=O)O1. The molecule has 6 unspecified atom stereocenters. The van der Waals surface area contributed by atoms with Crippen LogP contribution in [-0.4, -0.2) is 29.4 Å². The number of allylic oxidation sites excluding steroid dienone is 1. The Morgan fingerprint density at radius 3 is 2.59 bits per heavy atom. The molecule has 5 fully saturated rings. The van der Waals surface area contributed by atoms with Gasteiger partial charge < -0.3 is 9.47 Å². The third-order valence-electron chi connectivity index (χ3n) is 10.8. The van der Waals surface area contributed by atoms with E-state index in [-0.39, 0.29) is 52.1 Å². The van der Waals surface area contributed by atoms with Crippen molar-refractivity contribution in [2.24, 2.45) is 46.3 Å². The van der Waals surface area contributed by atoms with Crippen molar-refractivity contribution in [3.05, 3.63) is 11.6 Å². The summed E-state index contributed by atoms with van der Waals surface area (Å²) < 4.78 is 12.0. The van der Waals surface area contributed by atoms with Crippen LogP contribution in [0.25, 0.3) is 0 Å². The average molecular weight is 441 g/mol. The van der Waals surface area contributed by atoms with Gasteiger partial charge in [0.1, 0.15) is 5.60 Å². The molecule has 0 aromatic heterocycles. The van der Waals surface area contributed by atoms with Gasteiger partial charge >= 0.3 is 11.9 Å². The van der Waals surface area contributed by atoms with Gasteiger partial charge in [-0.25, -0.2) is 0 Å². The number of hydrogen-bond acceptors (Lipinski definition) is 5. The molecule has 5 heteroatoms. The molecule has 4 saturated carbocycles. The molecular formula is C27H36O5. The smallest absolute Gasteiger partial charge is 0.309 e. The molecule has 0 bridgehead atoms. The second-order valence-electron chi connectivity index (χ2n) is 12.4. The Morgan fingerprint density at radius 2 is 1.91 bits per heavy atom. The van der Waals surface area contributed by atoms with E-state index >= 15 is 0 Å². The Morgan fingerprint density at radius 1 is 1.12 bits per heavy atom. The van der Waals surface area contributed by atoms with Gasteiger partial charge in [-0.2, -0.15) is 0 Å². The second kappa shape index (κ2) is 6.48. The van der Waals surface area contributed by atoms with E-state index in [0.717, 1.165) is 32.1 Å². The van der Waals surface area contributed by atoms with Crippen molar-refractivity contribution in [2.75, 3.05) is 0 Å². The Hall–Kier alpha value is -1.65. The average Bonchev–Trinajstić information content (AvgIpc) is 3.36. The quantitative estimate of drug-likeness (QED) is 0.586. The molecule has 9 atom stereocenters. The van der Waals surface area contributed by atoms with Crippen LogP contribution < -0.4 is 0 Å². The van der Waals surface area contributed by atoms with Crippen LogP contribution in [0.3, 0.4) is 0 Å². The van der Waals surface area contributed by atoms with E-state index in [1.54, 1.807) is 0 Å². The first-order valence-corrected chi connectivity index (χ1v) is 12.8. The van der Waals surface area contributed by atoms with Gasteiger partial charge in [-0.1, -0.05) is 19.4 Å². The molecule has 6 aliphatic rings. The van der Waals surface area contributed by atoms with E-state index < -0.39 is 0 Å². The second-order valence-corrected chi connectivity index (χ2v) is 12.4. The molecule has 1 aliphatic heterocycles. The molecule has 5 nitrogen and oxygen atoms in total. The lowest BCUT2D eigenvalue weighted by Gasteiger charge is -2.61. The van der Waals surface area contributed by atoms with Crippen LogP contribution in [0.15, 0.2) is 11.6 Å². The maximum absolute atomic E-state index is 13.5. The molecule has 174 valence electrons. The van der Waals surface area contributed by atoms with Crippen molar-refractivity contribution in [1.29, 1.82) is 0 Å². The van der Waals surface area contributed by atoms with Crippen molar-refractivity contribution in [1.82, 2.24) is 0 Å². The van der Waals surface area contributed by atoms with E-state index in [0.29, 0.717) is 42.9 Å². The summed E-state index contributed by atoms with van der Waals surface area (Å²) in [7, 11) is 0. The van der Waals surface area contributed by atoms with Gasteiger partial charge in [0.15, 0.2) is 5.78 Å². The molecule has 0 aromatic rings. The topological polar surface area (TPSA) is 69.7 Å². The van der Waals surface area contributed by atoms with Crippen LogP contribution in [0.2, 0.25) is 0 Å². The monoisotopic (exact) mass is 440 g/mol. The normalized spacial score (nSPS) is 50.8. The first-order chi connectivity index (χ1) is 15.1. The summed E-state index contributed by atoms with van der Waals surface area (Å²) in [6.07, 6.45) is 8.43. The van der Waals surface area contributed by atoms with E-state index in [9.17, 15) is 14.4 Å². The third kappa shape index (κ3) is 2.49. The number of fused-ring (bicyclic) bond motifs is 9. The van der Waals surface area contributed by atoms with Crippen LogP contribution >= 0.6 is 0 Å². The summed E-state index contributed by atoms with van der Waals surface area (Å²) in [4.78, 5) is 38.1. The van der Waals surface area contributed by atoms with Gasteiger partial charge in [-0.3, -0.25) is 14.4 Å². The summed E-state index contributed by atoms with van der Waals surface area (Å²) in [5, 5.41) is 0. The lowest BCUT2D eigenvalue weighted by molar-refractivity contribution is -0.187. The first-order valence-electron chi connectivity index (χ1n) is 12.8. The molecule has 6 rings (SSSR count). The number of carbonyl (C=O) groups excluding carboxylic acids is 3. The molecule has 32 heavy (non-hydrogen) atoms. The van der Waals surface area contributed by atoms with Crippen molar-refractivity contribution in [3.63, 3.8) is 0 Å². The Bertz CT molecular complexity index is 934. The lowest BCUT2D eigenvalue weighted by Crippen LogP contribution is -2.59. The molecule has 1 saturated heterocycles. The zero-order valence-electron chi connectivity index (χ0n) is 19.8. The minimum Gasteiger partial charge on any atom is -0.463 e. The van der Waals surface area contributed by atoms with Gasteiger partial charge in [0, 0.05) is 24.2 Å². The van der Waals surface area contributed by atoms with Crippen molar-refractivity contribution in [3.8, 4) is 0 Å². The Labute approximate surface area is 190 Å². The van der Waals surface area contributed by atoms with Crippen molar-refractivity contribution >= 4 is 17.7 Å². The van der Waals surface area contributed by atoms with Gasteiger partial charge in [-0.05, 0) is 87.5 Å². The number of esters is 2. The maximum atomic E-state index is 13.5. The summed E-state index contributed by atoms with van der Waals surface area (Å²) >= 11 is 0. The largest absolute Gasteiger partial charge is 0.463 e. The minimum atomic E-state index is -0.323. The fourth-order valence-corrected chi connectivity index (χ4v) is 9.47. The standard InChI is InChI=1S/C27H36O5/c1-14(2)31-24(30)18-12-15-11-16(28)5-8-25(15,3)19-6-9-26(4)23(22(18)19)17-13-20(17)27(26)10-7-21(29)32-27/h11,14,17-20,22-23H,5-10,12-13H2,1-4H3/t17-,18-,19?,20+,22?,23?,25?,26?,27?/m1/s1. The number of carbonyl (C=O) groups is 3. The molecule has 0 radical (unpaired) electrons. The Kier molecular flexibility index (Phi) is 4.23. The zero-order chi connectivity index (χ0) is 22.6. The molecule has 1 heterocycles. The Balaban J connectivity index is 1.45. The highest BCUT2D eigenvalue weighted by atomic mass is 16.6. The molecule has 0 amide bonds. The van der Waals surface area contributed by atoms with E-state index in [2.05, 4.69) is 13.8 Å². The predicted molar refractivity (Wildman–Crippen MR) is 117 cm³/mol. The number of rotatable bonds is 2. The van der Waals surface area contributed by atoms with Gasteiger partial charge in [0.2, 0.25) is 0 Å². The first kappa shape index (κ1) is 20.9. The fraction of sp³-hybridized carbons (Fsp3) is 0.815. The van der Waals surface area contributed by atoms with Crippen LogP contribution in [0.1, 0.15) is 79.1 Å². The lowest BCUT2D eigenvalue weighted by atomic mass is 9.43. The van der Waals surface area contributed by atoms with Crippen molar-refractivity contribution in [2.45, 2.75) is 90.8 Å². The predicted octanol–water partition coefficient (Wildman–Crippen LogP) is 4.63. The van der Waals surface area contributed by atoms with E-state index in [1.165, 1.54) is 5.57 Å². The highest BCUT2D eigenvalue weighted by Gasteiger charge is 2.80. The van der Waals surface area contributed by atoms with Gasteiger partial charge in [-0.15, -0.1) is 0 Å². The number of ketones is 1. The molecule has 0 aromatic carbocycles. The van der Waals surface area contributed by atoms with E-state index in [1.807, 2.05) is 19.9 Å². The summed E-state index contributed by atoms with van der Waals surface area (Å²) in [6, 6.07) is 0. The van der Waals surface area contributed by atoms with E-state index in [4.69, 9.17) is 9.47 Å². The third-order valence-corrected chi connectivity index (χ3v) is 10.8. The minimum absolute atomic E-state index is 0.0129. The van der Waals surface area contributed by atoms with Crippen LogP contribution in [0, 0.1) is 46.3 Å². The van der Waals surface area contributed by atoms with Gasteiger partial charge in [0.25, 0.3) is 0 Å². The molecular weight excluding hydrogens is 404 g/mol. The molecule has 1 spiro atoms. The highest BCUT2D eigenvalue weighted by molar-refractivity contribution is 5.92. The maximum Gasteiger partial charge on any atom is 0.309 e. The van der Waals surface area contributed by atoms with Crippen molar-refractivity contribution < 1.29 is 23.9 Å². The summed E-state index contributed by atoms with van der Waals surface area (Å²) in [5.74, 6) is 1.88. The van der Waals surface area contributed by atoms with Crippen LogP contribution in [-0.2, 0) is 23.9 Å². The molecule has 0 N–H and O–H groups in total. The van der Waals surface area contributed by atoms with Gasteiger partial charge in [0.05, 0.1) is 12.0 Å². The van der Waals surface area contributed by atoms with Crippen LogP contribution in [0.5, 0.6) is 0 Å². The zero-order valence-corrected chi connectivity index (χ0v) is 19.8. The highest BCUT2D eigenvalue weighted by Crippen LogP contribution is 2.79. The number of hydrogen-bond donors (Lipinski definition) is 0. The molecule has 5 aliphatic carbocycles.